The van der Waals surface area contributed by atoms with Gasteiger partial charge in [-0.3, -0.25) is 0 Å². The van der Waals surface area contributed by atoms with Gasteiger partial charge >= 0.3 is 6.18 Å². The number of hydrogen-bond acceptors (Lipinski definition) is 2. The van der Waals surface area contributed by atoms with Crippen molar-refractivity contribution < 1.29 is 17.9 Å². The molecule has 5 heteroatoms. The Labute approximate surface area is 121 Å². The van der Waals surface area contributed by atoms with Crippen LogP contribution in [0, 0.1) is 0 Å². The van der Waals surface area contributed by atoms with Crippen LogP contribution in [0.4, 0.5) is 13.2 Å². The number of methoxy groups -OCH3 is 1. The van der Waals surface area contributed by atoms with E-state index in [1.165, 1.54) is 12.1 Å². The van der Waals surface area contributed by atoms with Crippen molar-refractivity contribution in [1.29, 1.82) is 0 Å². The SMILES string of the molecule is COc1ccc(-c2ccc(C(F)(F)F)cc2)cc1CCN. The molecule has 2 nitrogen and oxygen atoms in total. The fourth-order valence-electron chi connectivity index (χ4n) is 2.16. The molecule has 0 saturated heterocycles. The van der Waals surface area contributed by atoms with Crippen molar-refractivity contribution >= 4 is 0 Å². The Balaban J connectivity index is 2.35. The van der Waals surface area contributed by atoms with Gasteiger partial charge in [0.2, 0.25) is 0 Å². The van der Waals surface area contributed by atoms with E-state index in [0.29, 0.717) is 13.0 Å². The monoisotopic (exact) mass is 295 g/mol. The Kier molecular flexibility index (Phi) is 4.53. The van der Waals surface area contributed by atoms with Crippen LogP contribution in [-0.2, 0) is 12.6 Å². The van der Waals surface area contributed by atoms with E-state index in [2.05, 4.69) is 0 Å². The molecule has 0 bridgehead atoms. The van der Waals surface area contributed by atoms with Gasteiger partial charge in [0.15, 0.2) is 0 Å². The molecule has 112 valence electrons. The molecule has 2 rings (SSSR count). The molecule has 2 N–H and O–H groups in total. The molecular weight excluding hydrogens is 279 g/mol. The van der Waals surface area contributed by atoms with Crippen LogP contribution in [0.25, 0.3) is 11.1 Å². The summed E-state index contributed by atoms with van der Waals surface area (Å²) in [5, 5.41) is 0. The summed E-state index contributed by atoms with van der Waals surface area (Å²) in [7, 11) is 1.58. The lowest BCUT2D eigenvalue weighted by atomic mass is 10.00. The van der Waals surface area contributed by atoms with Crippen LogP contribution < -0.4 is 10.5 Å². The summed E-state index contributed by atoms with van der Waals surface area (Å²) in [5.41, 5.74) is 7.42. The van der Waals surface area contributed by atoms with Gasteiger partial charge in [-0.15, -0.1) is 0 Å². The molecule has 0 atom stereocenters. The molecule has 0 unspecified atom stereocenters. The minimum absolute atomic E-state index is 0.479. The number of halogens is 3. The Bertz CT molecular complexity index is 606. The second-order valence-electron chi connectivity index (χ2n) is 4.64. The third kappa shape index (κ3) is 3.55. The van der Waals surface area contributed by atoms with Crippen LogP contribution in [-0.4, -0.2) is 13.7 Å². The highest BCUT2D eigenvalue weighted by Gasteiger charge is 2.29. The first-order valence-electron chi connectivity index (χ1n) is 6.50. The Morgan fingerprint density at radius 2 is 1.62 bits per heavy atom. The second-order valence-corrected chi connectivity index (χ2v) is 4.64. The molecule has 0 aliphatic rings. The maximum Gasteiger partial charge on any atom is 0.416 e. The Morgan fingerprint density at radius 1 is 1.00 bits per heavy atom. The van der Waals surface area contributed by atoms with Crippen LogP contribution in [0.3, 0.4) is 0 Å². The highest BCUT2D eigenvalue weighted by molar-refractivity contribution is 5.66. The van der Waals surface area contributed by atoms with Crippen LogP contribution in [0.5, 0.6) is 5.75 Å². The Morgan fingerprint density at radius 3 is 2.14 bits per heavy atom. The number of ether oxygens (including phenoxy) is 1. The van der Waals surface area contributed by atoms with Gasteiger partial charge in [-0.1, -0.05) is 18.2 Å². The maximum atomic E-state index is 12.6. The molecule has 0 aromatic heterocycles. The molecule has 0 fully saturated rings. The summed E-state index contributed by atoms with van der Waals surface area (Å²) in [6.45, 7) is 0.479. The van der Waals surface area contributed by atoms with Crippen LogP contribution in [0.1, 0.15) is 11.1 Å². The van der Waals surface area contributed by atoms with Gasteiger partial charge in [0.05, 0.1) is 12.7 Å². The van der Waals surface area contributed by atoms with Crippen LogP contribution in [0.15, 0.2) is 42.5 Å². The molecule has 0 aliphatic heterocycles. The minimum Gasteiger partial charge on any atom is -0.496 e. The van der Waals surface area contributed by atoms with E-state index in [4.69, 9.17) is 10.5 Å². The lowest BCUT2D eigenvalue weighted by molar-refractivity contribution is -0.137. The van der Waals surface area contributed by atoms with Crippen LogP contribution >= 0.6 is 0 Å². The number of rotatable bonds is 4. The van der Waals surface area contributed by atoms with E-state index in [9.17, 15) is 13.2 Å². The third-order valence-corrected chi connectivity index (χ3v) is 3.24. The van der Waals surface area contributed by atoms with Gasteiger partial charge < -0.3 is 10.5 Å². The number of benzene rings is 2. The lowest BCUT2D eigenvalue weighted by Gasteiger charge is -2.11. The Hall–Kier alpha value is -2.01. The van der Waals surface area contributed by atoms with Gasteiger partial charge in [-0.2, -0.15) is 13.2 Å². The van der Waals surface area contributed by atoms with Gasteiger partial charge in [0.25, 0.3) is 0 Å². The number of hydrogen-bond donors (Lipinski definition) is 1. The van der Waals surface area contributed by atoms with E-state index >= 15 is 0 Å². The molecule has 21 heavy (non-hydrogen) atoms. The number of nitrogens with two attached hydrogens (primary N) is 1. The van der Waals surface area contributed by atoms with Crippen molar-refractivity contribution in [3.63, 3.8) is 0 Å². The van der Waals surface area contributed by atoms with Crippen LogP contribution in [0.2, 0.25) is 0 Å². The zero-order chi connectivity index (χ0) is 15.5. The fourth-order valence-corrected chi connectivity index (χ4v) is 2.16. The zero-order valence-electron chi connectivity index (χ0n) is 11.6. The highest BCUT2D eigenvalue weighted by Crippen LogP contribution is 2.32. The van der Waals surface area contributed by atoms with E-state index in [0.717, 1.165) is 34.6 Å². The van der Waals surface area contributed by atoms with Gasteiger partial charge in [0.1, 0.15) is 5.75 Å². The quantitative estimate of drug-likeness (QED) is 0.929. The predicted octanol–water partition coefficient (Wildman–Crippen LogP) is 3.88. The number of alkyl halides is 3. The average molecular weight is 295 g/mol. The largest absolute Gasteiger partial charge is 0.496 e. The van der Waals surface area contributed by atoms with Gasteiger partial charge in [-0.25, -0.2) is 0 Å². The second kappa shape index (κ2) is 6.18. The zero-order valence-corrected chi connectivity index (χ0v) is 11.6. The molecule has 2 aromatic rings. The molecule has 0 aliphatic carbocycles. The van der Waals surface area contributed by atoms with Crippen molar-refractivity contribution in [2.45, 2.75) is 12.6 Å². The molecule has 2 aromatic carbocycles. The lowest BCUT2D eigenvalue weighted by Crippen LogP contribution is -2.05. The summed E-state index contributed by atoms with van der Waals surface area (Å²) in [6, 6.07) is 10.6. The first kappa shape index (κ1) is 15.4. The molecule has 0 spiro atoms. The van der Waals surface area contributed by atoms with Crippen molar-refractivity contribution in [3.05, 3.63) is 53.6 Å². The average Bonchev–Trinajstić information content (AvgIpc) is 2.47. The molecular formula is C16H16F3NO. The van der Waals surface area contributed by atoms with Gasteiger partial charge in [0, 0.05) is 0 Å². The third-order valence-electron chi connectivity index (χ3n) is 3.24. The first-order chi connectivity index (χ1) is 9.95. The van der Waals surface area contributed by atoms with Crippen molar-refractivity contribution in [2.24, 2.45) is 5.73 Å². The molecule has 0 saturated carbocycles. The minimum atomic E-state index is -4.32. The highest BCUT2D eigenvalue weighted by atomic mass is 19.4. The first-order valence-corrected chi connectivity index (χ1v) is 6.50. The normalized spacial score (nSPS) is 11.5. The topological polar surface area (TPSA) is 35.2 Å². The summed E-state index contributed by atoms with van der Waals surface area (Å²) in [4.78, 5) is 0. The van der Waals surface area contributed by atoms with Gasteiger partial charge in [-0.05, 0) is 53.9 Å². The molecule has 0 radical (unpaired) electrons. The van der Waals surface area contributed by atoms with E-state index < -0.39 is 11.7 Å². The molecule has 0 heterocycles. The maximum absolute atomic E-state index is 12.6. The predicted molar refractivity (Wildman–Crippen MR) is 76.2 cm³/mol. The summed E-state index contributed by atoms with van der Waals surface area (Å²) in [6.07, 6.45) is -3.67. The fraction of sp³-hybridized carbons (Fsp3) is 0.250. The summed E-state index contributed by atoms with van der Waals surface area (Å²) in [5.74, 6) is 0.733. The van der Waals surface area contributed by atoms with Crippen molar-refractivity contribution in [1.82, 2.24) is 0 Å². The standard InChI is InChI=1S/C16H16F3NO/c1-21-15-7-4-12(10-13(15)8-9-20)11-2-5-14(6-3-11)16(17,18)19/h2-7,10H,8-9,20H2,1H3. The summed E-state index contributed by atoms with van der Waals surface area (Å²) >= 11 is 0. The smallest absolute Gasteiger partial charge is 0.416 e. The summed E-state index contributed by atoms with van der Waals surface area (Å²) < 4.78 is 42.9. The van der Waals surface area contributed by atoms with E-state index in [1.807, 2.05) is 12.1 Å². The van der Waals surface area contributed by atoms with Crippen molar-refractivity contribution in [2.75, 3.05) is 13.7 Å². The van der Waals surface area contributed by atoms with E-state index in [1.54, 1.807) is 13.2 Å². The van der Waals surface area contributed by atoms with Crippen molar-refractivity contribution in [3.8, 4) is 16.9 Å². The van der Waals surface area contributed by atoms with E-state index in [-0.39, 0.29) is 0 Å². The molecule has 0 amide bonds.